The molecule has 0 spiro atoms. The molecule has 10 heteroatoms. The number of nitrogens with zero attached hydrogens (tertiary/aromatic N) is 1. The second kappa shape index (κ2) is 9.19. The highest BCUT2D eigenvalue weighted by atomic mass is 35.5. The van der Waals surface area contributed by atoms with E-state index in [0.29, 0.717) is 5.75 Å². The Kier molecular flexibility index (Phi) is 7.59. The van der Waals surface area contributed by atoms with Crippen molar-refractivity contribution in [1.82, 2.24) is 0 Å². The molecule has 25 heavy (non-hydrogen) atoms. The van der Waals surface area contributed by atoms with Gasteiger partial charge in [0.15, 0.2) is 5.75 Å². The van der Waals surface area contributed by atoms with Crippen LogP contribution in [0.5, 0.6) is 5.75 Å². The summed E-state index contributed by atoms with van der Waals surface area (Å²) in [6, 6.07) is 11.9. The summed E-state index contributed by atoms with van der Waals surface area (Å²) in [6.07, 6.45) is -4.48. The molecule has 0 bridgehead atoms. The van der Waals surface area contributed by atoms with Gasteiger partial charge in [-0.25, -0.2) is 0 Å². The van der Waals surface area contributed by atoms with Crippen molar-refractivity contribution >= 4 is 27.8 Å². The van der Waals surface area contributed by atoms with E-state index in [1.165, 1.54) is 19.1 Å². The van der Waals surface area contributed by atoms with Gasteiger partial charge in [-0.1, -0.05) is 35.0 Å². The van der Waals surface area contributed by atoms with Gasteiger partial charge in [0.1, 0.15) is 0 Å². The molecule has 0 amide bonds. The van der Waals surface area contributed by atoms with Gasteiger partial charge in [0.25, 0.3) is 0 Å². The summed E-state index contributed by atoms with van der Waals surface area (Å²) in [5.41, 5.74) is -0.815. The lowest BCUT2D eigenvalue weighted by Crippen LogP contribution is -2.12. The second-order valence-corrected chi connectivity index (χ2v) is 5.41. The third-order valence-corrected chi connectivity index (χ3v) is 2.94. The third kappa shape index (κ3) is 7.36. The van der Waals surface area contributed by atoms with Crippen molar-refractivity contribution in [3.63, 3.8) is 0 Å². The topological polar surface area (TPSA) is 79.6 Å². The van der Waals surface area contributed by atoms with Crippen LogP contribution in [-0.2, 0) is 16.7 Å². The summed E-state index contributed by atoms with van der Waals surface area (Å²) in [7, 11) is -2.61. The Bertz CT molecular complexity index is 848. The summed E-state index contributed by atoms with van der Waals surface area (Å²) in [5.74, 6) is 0.437. The van der Waals surface area contributed by atoms with Crippen LogP contribution < -0.4 is 4.84 Å². The molecular weight excluding hydrogens is 381 g/mol. The maximum absolute atomic E-state index is 13.0. The largest absolute Gasteiger partial charge is 0.417 e. The lowest BCUT2D eigenvalue weighted by Gasteiger charge is -2.12. The number of alkyl halides is 3. The maximum atomic E-state index is 13.0. The fraction of sp³-hybridized carbons (Fsp3) is 0.133. The molecular formula is C15H12ClF3N2O3S. The first-order valence-corrected chi connectivity index (χ1v) is 8.01. The number of hydrogen-bond acceptors (Lipinski definition) is 5. The standard InChI is InChI=1S/C15H11ClF3NO.HNO2S/c1-10(20-21-12-5-3-2-4-6-12)13-9-11(16)7-8-14(13)15(17,18)19;1-4(2)3/h2-9H,1H3;1H/b20-10+;. The molecule has 2 rings (SSSR count). The SMILES string of the molecule is C/C(=N\Oc1ccccc1)c1cc(Cl)ccc1C(F)(F)F.N=S(=O)=O. The van der Waals surface area contributed by atoms with E-state index in [-0.39, 0.29) is 16.3 Å². The molecule has 0 unspecified atom stereocenters. The van der Waals surface area contributed by atoms with E-state index < -0.39 is 22.2 Å². The first-order valence-electron chi connectivity index (χ1n) is 6.55. The summed E-state index contributed by atoms with van der Waals surface area (Å²) >= 11 is 5.76. The Morgan fingerprint density at radius 1 is 1.16 bits per heavy atom. The normalized spacial score (nSPS) is 11.3. The van der Waals surface area contributed by atoms with Crippen LogP contribution >= 0.6 is 11.6 Å². The van der Waals surface area contributed by atoms with Gasteiger partial charge < -0.3 is 4.84 Å². The lowest BCUT2D eigenvalue weighted by molar-refractivity contribution is -0.137. The van der Waals surface area contributed by atoms with Gasteiger partial charge in [-0.15, -0.1) is 0 Å². The van der Waals surface area contributed by atoms with E-state index in [1.807, 2.05) is 0 Å². The van der Waals surface area contributed by atoms with Crippen molar-refractivity contribution in [2.75, 3.05) is 0 Å². The monoisotopic (exact) mass is 392 g/mol. The van der Waals surface area contributed by atoms with Gasteiger partial charge in [-0.3, -0.25) is 0 Å². The van der Waals surface area contributed by atoms with Crippen LogP contribution in [0.25, 0.3) is 0 Å². The fourth-order valence-corrected chi connectivity index (χ4v) is 1.89. The Hall–Kier alpha value is -2.39. The molecule has 0 aliphatic carbocycles. The van der Waals surface area contributed by atoms with Crippen molar-refractivity contribution in [2.45, 2.75) is 13.1 Å². The van der Waals surface area contributed by atoms with Crippen LogP contribution in [-0.4, -0.2) is 14.1 Å². The highest BCUT2D eigenvalue weighted by Crippen LogP contribution is 2.33. The Morgan fingerprint density at radius 3 is 2.24 bits per heavy atom. The summed E-state index contributed by atoms with van der Waals surface area (Å²) in [4.78, 5) is 5.11. The van der Waals surface area contributed by atoms with E-state index in [1.54, 1.807) is 30.3 Å². The minimum atomic E-state index is -4.48. The van der Waals surface area contributed by atoms with Gasteiger partial charge in [0.05, 0.1) is 11.3 Å². The highest BCUT2D eigenvalue weighted by molar-refractivity contribution is 7.60. The minimum absolute atomic E-state index is 0.0914. The average molecular weight is 393 g/mol. The number of nitrogens with one attached hydrogen (secondary N) is 1. The highest BCUT2D eigenvalue weighted by Gasteiger charge is 2.34. The number of halogens is 4. The Morgan fingerprint density at radius 2 is 1.72 bits per heavy atom. The number of para-hydroxylation sites is 1. The van der Waals surface area contributed by atoms with Crippen LogP contribution in [0.3, 0.4) is 0 Å². The average Bonchev–Trinajstić information content (AvgIpc) is 2.52. The molecule has 2 aromatic carbocycles. The summed E-state index contributed by atoms with van der Waals surface area (Å²) in [6.45, 7) is 1.43. The first kappa shape index (κ1) is 20.7. The zero-order chi connectivity index (χ0) is 19.0. The molecule has 0 saturated heterocycles. The molecule has 0 aromatic heterocycles. The molecule has 0 aliphatic rings. The van der Waals surface area contributed by atoms with E-state index in [2.05, 4.69) is 5.16 Å². The molecule has 0 atom stereocenters. The Labute approximate surface area is 148 Å². The van der Waals surface area contributed by atoms with Gasteiger partial charge in [0, 0.05) is 10.6 Å². The smallest absolute Gasteiger partial charge is 0.357 e. The zero-order valence-electron chi connectivity index (χ0n) is 12.7. The van der Waals surface area contributed by atoms with E-state index >= 15 is 0 Å². The van der Waals surface area contributed by atoms with Gasteiger partial charge in [-0.05, 0) is 37.3 Å². The molecule has 2 aromatic rings. The molecule has 0 radical (unpaired) electrons. The number of rotatable bonds is 3. The maximum Gasteiger partial charge on any atom is 0.417 e. The quantitative estimate of drug-likeness (QED) is 0.602. The van der Waals surface area contributed by atoms with Crippen molar-refractivity contribution < 1.29 is 26.4 Å². The van der Waals surface area contributed by atoms with Crippen molar-refractivity contribution in [1.29, 1.82) is 4.78 Å². The predicted octanol–water partition coefficient (Wildman–Crippen LogP) is 4.79. The van der Waals surface area contributed by atoms with Crippen LogP contribution in [0.2, 0.25) is 5.02 Å². The molecule has 5 nitrogen and oxygen atoms in total. The molecule has 0 fully saturated rings. The number of oxime groups is 1. The number of hydrogen-bond donors (Lipinski definition) is 1. The zero-order valence-corrected chi connectivity index (χ0v) is 14.3. The predicted molar refractivity (Wildman–Crippen MR) is 87.4 cm³/mol. The van der Waals surface area contributed by atoms with E-state index in [0.717, 1.165) is 6.07 Å². The number of benzene rings is 2. The minimum Gasteiger partial charge on any atom is -0.357 e. The molecule has 0 aliphatic heterocycles. The summed E-state index contributed by atoms with van der Waals surface area (Å²) < 4.78 is 61.7. The van der Waals surface area contributed by atoms with Crippen molar-refractivity contribution in [3.8, 4) is 5.75 Å². The molecule has 0 saturated carbocycles. The Balaban J connectivity index is 0.000000705. The molecule has 0 heterocycles. The van der Waals surface area contributed by atoms with Gasteiger partial charge in [0.2, 0.25) is 0 Å². The first-order chi connectivity index (χ1) is 11.6. The second-order valence-electron chi connectivity index (χ2n) is 4.50. The molecule has 1 N–H and O–H groups in total. The van der Waals surface area contributed by atoms with Gasteiger partial charge in [-0.2, -0.15) is 26.4 Å². The third-order valence-electron chi connectivity index (χ3n) is 2.71. The van der Waals surface area contributed by atoms with E-state index in [9.17, 15) is 13.2 Å². The van der Waals surface area contributed by atoms with Crippen LogP contribution in [0, 0.1) is 4.78 Å². The van der Waals surface area contributed by atoms with Gasteiger partial charge >= 0.3 is 16.7 Å². The molecule has 134 valence electrons. The van der Waals surface area contributed by atoms with Crippen LogP contribution in [0.15, 0.2) is 53.7 Å². The van der Waals surface area contributed by atoms with Crippen molar-refractivity contribution in [2.24, 2.45) is 5.16 Å². The van der Waals surface area contributed by atoms with Crippen LogP contribution in [0.4, 0.5) is 13.2 Å². The lowest BCUT2D eigenvalue weighted by atomic mass is 10.0. The fourth-order valence-electron chi connectivity index (χ4n) is 1.71. The van der Waals surface area contributed by atoms with E-state index in [4.69, 9.17) is 29.6 Å². The summed E-state index contributed by atoms with van der Waals surface area (Å²) in [5, 5.41) is 3.94. The van der Waals surface area contributed by atoms with Crippen LogP contribution in [0.1, 0.15) is 18.1 Å². The van der Waals surface area contributed by atoms with Crippen molar-refractivity contribution in [3.05, 3.63) is 64.7 Å².